The SMILES string of the molecule is CNC(CC1CCC1)c1cc(C)cc(Br)c1. The lowest BCUT2D eigenvalue weighted by Crippen LogP contribution is -2.23. The maximum Gasteiger partial charge on any atom is 0.0320 e. The van der Waals surface area contributed by atoms with Crippen LogP contribution in [0.3, 0.4) is 0 Å². The summed E-state index contributed by atoms with van der Waals surface area (Å²) in [5.74, 6) is 0.941. The molecule has 0 spiro atoms. The number of rotatable bonds is 4. The van der Waals surface area contributed by atoms with E-state index in [-0.39, 0.29) is 0 Å². The second-order valence-corrected chi connectivity index (χ2v) is 5.85. The van der Waals surface area contributed by atoms with Gasteiger partial charge in [-0.2, -0.15) is 0 Å². The van der Waals surface area contributed by atoms with Crippen LogP contribution in [-0.4, -0.2) is 7.05 Å². The Bertz CT molecular complexity index is 338. The Labute approximate surface area is 107 Å². The molecule has 0 saturated heterocycles. The highest BCUT2D eigenvalue weighted by atomic mass is 79.9. The minimum atomic E-state index is 0.515. The third-order valence-corrected chi connectivity index (χ3v) is 4.07. The molecule has 2 heteroatoms. The summed E-state index contributed by atoms with van der Waals surface area (Å²) in [5, 5.41) is 3.45. The van der Waals surface area contributed by atoms with Crippen LogP contribution in [0.15, 0.2) is 22.7 Å². The number of nitrogens with one attached hydrogen (secondary N) is 1. The van der Waals surface area contributed by atoms with Gasteiger partial charge in [-0.1, -0.05) is 41.3 Å². The van der Waals surface area contributed by atoms with Crippen LogP contribution in [0.25, 0.3) is 0 Å². The summed E-state index contributed by atoms with van der Waals surface area (Å²) in [6.07, 6.45) is 5.56. The van der Waals surface area contributed by atoms with Crippen molar-refractivity contribution < 1.29 is 0 Å². The average Bonchev–Trinajstić information content (AvgIpc) is 2.14. The molecule has 0 aliphatic heterocycles. The minimum Gasteiger partial charge on any atom is -0.313 e. The molecule has 0 amide bonds. The molecule has 1 aromatic rings. The van der Waals surface area contributed by atoms with E-state index in [1.165, 1.54) is 41.3 Å². The molecule has 0 radical (unpaired) electrons. The van der Waals surface area contributed by atoms with E-state index in [0.717, 1.165) is 5.92 Å². The molecule has 1 saturated carbocycles. The van der Waals surface area contributed by atoms with Crippen LogP contribution in [0.5, 0.6) is 0 Å². The Balaban J connectivity index is 2.11. The fraction of sp³-hybridized carbons (Fsp3) is 0.571. The first-order valence-corrected chi connectivity index (χ1v) is 6.92. The molecule has 1 aliphatic carbocycles. The largest absolute Gasteiger partial charge is 0.313 e. The van der Waals surface area contributed by atoms with E-state index in [1.54, 1.807) is 0 Å². The normalized spacial score (nSPS) is 18.2. The summed E-state index contributed by atoms with van der Waals surface area (Å²) in [7, 11) is 2.07. The van der Waals surface area contributed by atoms with Crippen LogP contribution in [0.4, 0.5) is 0 Å². The summed E-state index contributed by atoms with van der Waals surface area (Å²) in [5.41, 5.74) is 2.75. The molecular weight excluding hydrogens is 262 g/mol. The third kappa shape index (κ3) is 2.86. The summed E-state index contributed by atoms with van der Waals surface area (Å²) >= 11 is 3.58. The molecule has 16 heavy (non-hydrogen) atoms. The molecule has 1 nitrogen and oxygen atoms in total. The molecule has 0 aromatic heterocycles. The topological polar surface area (TPSA) is 12.0 Å². The fourth-order valence-electron chi connectivity index (χ4n) is 2.45. The first-order chi connectivity index (χ1) is 7.69. The maximum atomic E-state index is 3.58. The number of benzene rings is 1. The molecule has 2 rings (SSSR count). The Morgan fingerprint density at radius 1 is 1.38 bits per heavy atom. The van der Waals surface area contributed by atoms with E-state index in [2.05, 4.69) is 53.4 Å². The van der Waals surface area contributed by atoms with Crippen LogP contribution in [-0.2, 0) is 0 Å². The minimum absolute atomic E-state index is 0.515. The molecule has 88 valence electrons. The van der Waals surface area contributed by atoms with Crippen molar-refractivity contribution in [1.82, 2.24) is 5.32 Å². The molecule has 0 heterocycles. The summed E-state index contributed by atoms with van der Waals surface area (Å²) in [4.78, 5) is 0. The predicted molar refractivity (Wildman–Crippen MR) is 72.6 cm³/mol. The van der Waals surface area contributed by atoms with Crippen LogP contribution < -0.4 is 5.32 Å². The first-order valence-electron chi connectivity index (χ1n) is 6.13. The highest BCUT2D eigenvalue weighted by Crippen LogP contribution is 2.35. The van der Waals surface area contributed by atoms with Crippen LogP contribution in [0, 0.1) is 12.8 Å². The molecular formula is C14H20BrN. The lowest BCUT2D eigenvalue weighted by Gasteiger charge is -2.30. The van der Waals surface area contributed by atoms with E-state index in [0.29, 0.717) is 6.04 Å². The zero-order chi connectivity index (χ0) is 11.5. The Kier molecular flexibility index (Phi) is 4.04. The van der Waals surface area contributed by atoms with Crippen molar-refractivity contribution in [3.05, 3.63) is 33.8 Å². The van der Waals surface area contributed by atoms with Gasteiger partial charge in [-0.05, 0) is 49.6 Å². The van der Waals surface area contributed by atoms with Gasteiger partial charge in [0.05, 0.1) is 0 Å². The van der Waals surface area contributed by atoms with Crippen molar-refractivity contribution in [2.45, 2.75) is 38.6 Å². The van der Waals surface area contributed by atoms with E-state index in [4.69, 9.17) is 0 Å². The number of aryl methyl sites for hydroxylation is 1. The maximum absolute atomic E-state index is 3.58. The lowest BCUT2D eigenvalue weighted by molar-refractivity contribution is 0.265. The van der Waals surface area contributed by atoms with Gasteiger partial charge in [-0.25, -0.2) is 0 Å². The Morgan fingerprint density at radius 3 is 2.62 bits per heavy atom. The molecule has 0 bridgehead atoms. The van der Waals surface area contributed by atoms with Gasteiger partial charge < -0.3 is 5.32 Å². The van der Waals surface area contributed by atoms with Crippen LogP contribution >= 0.6 is 15.9 Å². The molecule has 1 aromatic carbocycles. The van der Waals surface area contributed by atoms with E-state index >= 15 is 0 Å². The average molecular weight is 282 g/mol. The number of hydrogen-bond donors (Lipinski definition) is 1. The van der Waals surface area contributed by atoms with Crippen molar-refractivity contribution in [2.75, 3.05) is 7.05 Å². The molecule has 1 unspecified atom stereocenters. The van der Waals surface area contributed by atoms with E-state index in [1.807, 2.05) is 0 Å². The van der Waals surface area contributed by atoms with Gasteiger partial charge in [0.1, 0.15) is 0 Å². The Morgan fingerprint density at radius 2 is 2.12 bits per heavy atom. The zero-order valence-corrected chi connectivity index (χ0v) is 11.7. The smallest absolute Gasteiger partial charge is 0.0320 e. The molecule has 1 N–H and O–H groups in total. The molecule has 1 aliphatic rings. The molecule has 1 atom stereocenters. The Hall–Kier alpha value is -0.340. The van der Waals surface area contributed by atoms with Gasteiger partial charge in [0.2, 0.25) is 0 Å². The van der Waals surface area contributed by atoms with Gasteiger partial charge in [-0.15, -0.1) is 0 Å². The van der Waals surface area contributed by atoms with Gasteiger partial charge in [0.15, 0.2) is 0 Å². The van der Waals surface area contributed by atoms with Crippen LogP contribution in [0.2, 0.25) is 0 Å². The highest BCUT2D eigenvalue weighted by Gasteiger charge is 2.22. The fourth-order valence-corrected chi connectivity index (χ4v) is 3.07. The third-order valence-electron chi connectivity index (χ3n) is 3.61. The first kappa shape index (κ1) is 12.1. The second kappa shape index (κ2) is 5.33. The predicted octanol–water partition coefficient (Wildman–Crippen LogP) is 4.21. The van der Waals surface area contributed by atoms with Crippen molar-refractivity contribution in [3.63, 3.8) is 0 Å². The van der Waals surface area contributed by atoms with Gasteiger partial charge in [-0.3, -0.25) is 0 Å². The second-order valence-electron chi connectivity index (χ2n) is 4.94. The summed E-state index contributed by atoms with van der Waals surface area (Å²) < 4.78 is 1.19. The molecule has 1 fully saturated rings. The van der Waals surface area contributed by atoms with Crippen molar-refractivity contribution in [2.24, 2.45) is 5.92 Å². The van der Waals surface area contributed by atoms with Crippen molar-refractivity contribution in [1.29, 1.82) is 0 Å². The van der Waals surface area contributed by atoms with Crippen LogP contribution in [0.1, 0.15) is 42.9 Å². The number of hydrogen-bond acceptors (Lipinski definition) is 1. The lowest BCUT2D eigenvalue weighted by atomic mass is 9.79. The van der Waals surface area contributed by atoms with Crippen molar-refractivity contribution >= 4 is 15.9 Å². The van der Waals surface area contributed by atoms with E-state index in [9.17, 15) is 0 Å². The quantitative estimate of drug-likeness (QED) is 0.872. The van der Waals surface area contributed by atoms with Crippen molar-refractivity contribution in [3.8, 4) is 0 Å². The standard InChI is InChI=1S/C14H20BrN/c1-10-6-12(9-13(15)7-10)14(16-2)8-11-4-3-5-11/h6-7,9,11,14,16H,3-5,8H2,1-2H3. The monoisotopic (exact) mass is 281 g/mol. The van der Waals surface area contributed by atoms with Gasteiger partial charge >= 0.3 is 0 Å². The zero-order valence-electron chi connectivity index (χ0n) is 10.1. The van der Waals surface area contributed by atoms with E-state index < -0.39 is 0 Å². The summed E-state index contributed by atoms with van der Waals surface area (Å²) in [6, 6.07) is 7.22. The summed E-state index contributed by atoms with van der Waals surface area (Å²) in [6.45, 7) is 2.16. The van der Waals surface area contributed by atoms with Gasteiger partial charge in [0, 0.05) is 10.5 Å². The van der Waals surface area contributed by atoms with Gasteiger partial charge in [0.25, 0.3) is 0 Å². The number of halogens is 1. The highest BCUT2D eigenvalue weighted by molar-refractivity contribution is 9.10.